The van der Waals surface area contributed by atoms with Gasteiger partial charge in [-0.05, 0) is 44.0 Å². The second-order valence-electron chi connectivity index (χ2n) is 3.91. The van der Waals surface area contributed by atoms with Crippen molar-refractivity contribution in [2.45, 2.75) is 26.3 Å². The minimum atomic E-state index is 0.393. The third-order valence-corrected chi connectivity index (χ3v) is 2.98. The summed E-state index contributed by atoms with van der Waals surface area (Å²) in [4.78, 5) is 0. The highest BCUT2D eigenvalue weighted by Crippen LogP contribution is 2.22. The number of methoxy groups -OCH3 is 1. The Hall–Kier alpha value is -0.860. The van der Waals surface area contributed by atoms with E-state index in [0.29, 0.717) is 6.04 Å². The van der Waals surface area contributed by atoms with Crippen LogP contribution in [-0.2, 0) is 4.74 Å². The van der Waals surface area contributed by atoms with Crippen LogP contribution in [0.1, 0.15) is 29.2 Å². The molecule has 0 heterocycles. The topological polar surface area (TPSA) is 21.3 Å². The van der Waals surface area contributed by atoms with Crippen molar-refractivity contribution in [2.24, 2.45) is 0 Å². The normalized spacial score (nSPS) is 12.8. The maximum atomic E-state index is 5.13. The number of hydrogen-bond donors (Lipinski definition) is 1. The molecule has 0 aliphatic heterocycles. The van der Waals surface area contributed by atoms with Gasteiger partial charge in [0.25, 0.3) is 0 Å². The molecule has 15 heavy (non-hydrogen) atoms. The first-order valence-corrected chi connectivity index (χ1v) is 5.43. The van der Waals surface area contributed by atoms with E-state index in [4.69, 9.17) is 4.74 Å². The highest BCUT2D eigenvalue weighted by molar-refractivity contribution is 5.35. The first kappa shape index (κ1) is 12.2. The molecule has 0 amide bonds. The molecule has 0 saturated carbocycles. The molecular formula is C13H21NO. The number of ether oxygens (including phenoxy) is 1. The molecule has 0 radical (unpaired) electrons. The summed E-state index contributed by atoms with van der Waals surface area (Å²) >= 11 is 0. The summed E-state index contributed by atoms with van der Waals surface area (Å²) in [6, 6.07) is 6.86. The van der Waals surface area contributed by atoms with Crippen molar-refractivity contribution in [1.82, 2.24) is 5.32 Å². The smallest absolute Gasteiger partial charge is 0.0480 e. The molecule has 0 aliphatic carbocycles. The van der Waals surface area contributed by atoms with Gasteiger partial charge in [0, 0.05) is 19.8 Å². The van der Waals surface area contributed by atoms with Crippen LogP contribution in [0.5, 0.6) is 0 Å². The predicted octanol–water partition coefficient (Wildman–Crippen LogP) is 2.60. The van der Waals surface area contributed by atoms with Crippen molar-refractivity contribution in [1.29, 1.82) is 0 Å². The van der Waals surface area contributed by atoms with Gasteiger partial charge in [-0.1, -0.05) is 18.2 Å². The second-order valence-corrected chi connectivity index (χ2v) is 3.91. The third-order valence-electron chi connectivity index (χ3n) is 2.98. The van der Waals surface area contributed by atoms with E-state index in [2.05, 4.69) is 37.4 Å². The summed E-state index contributed by atoms with van der Waals surface area (Å²) in [6.45, 7) is 5.13. The first-order chi connectivity index (χ1) is 7.20. The zero-order chi connectivity index (χ0) is 11.3. The summed E-state index contributed by atoms with van der Waals surface area (Å²) in [7, 11) is 3.75. The van der Waals surface area contributed by atoms with Gasteiger partial charge in [0.2, 0.25) is 0 Å². The Kier molecular flexibility index (Phi) is 4.79. The van der Waals surface area contributed by atoms with Crippen LogP contribution in [0.25, 0.3) is 0 Å². The maximum absolute atomic E-state index is 5.13. The lowest BCUT2D eigenvalue weighted by Gasteiger charge is -2.19. The van der Waals surface area contributed by atoms with Crippen LogP contribution in [0.4, 0.5) is 0 Å². The zero-order valence-electron chi connectivity index (χ0n) is 10.1. The van der Waals surface area contributed by atoms with E-state index in [-0.39, 0.29) is 0 Å². The standard InChI is InChI=1S/C13H21NO/c1-10-6-5-7-12(11(10)2)13(14-3)8-9-15-4/h5-7,13-14H,8-9H2,1-4H3. The van der Waals surface area contributed by atoms with E-state index in [9.17, 15) is 0 Å². The fourth-order valence-electron chi connectivity index (χ4n) is 1.84. The van der Waals surface area contributed by atoms with Crippen molar-refractivity contribution in [3.8, 4) is 0 Å². The Labute approximate surface area is 92.6 Å². The summed E-state index contributed by atoms with van der Waals surface area (Å²) in [5, 5.41) is 3.34. The quantitative estimate of drug-likeness (QED) is 0.801. The first-order valence-electron chi connectivity index (χ1n) is 5.43. The van der Waals surface area contributed by atoms with E-state index in [1.54, 1.807) is 7.11 Å². The van der Waals surface area contributed by atoms with Crippen molar-refractivity contribution < 1.29 is 4.74 Å². The summed E-state index contributed by atoms with van der Waals surface area (Å²) in [5.41, 5.74) is 4.12. The highest BCUT2D eigenvalue weighted by atomic mass is 16.5. The van der Waals surface area contributed by atoms with Crippen LogP contribution >= 0.6 is 0 Å². The van der Waals surface area contributed by atoms with Crippen LogP contribution in [0.15, 0.2) is 18.2 Å². The number of benzene rings is 1. The third kappa shape index (κ3) is 3.05. The molecule has 84 valence electrons. The van der Waals surface area contributed by atoms with Crippen LogP contribution in [-0.4, -0.2) is 20.8 Å². The molecule has 1 aromatic carbocycles. The van der Waals surface area contributed by atoms with Gasteiger partial charge >= 0.3 is 0 Å². The second kappa shape index (κ2) is 5.89. The van der Waals surface area contributed by atoms with Gasteiger partial charge in [0.05, 0.1) is 0 Å². The summed E-state index contributed by atoms with van der Waals surface area (Å²) < 4.78 is 5.13. The fraction of sp³-hybridized carbons (Fsp3) is 0.538. The molecule has 0 aliphatic rings. The largest absolute Gasteiger partial charge is 0.385 e. The van der Waals surface area contributed by atoms with E-state index in [1.807, 2.05) is 7.05 Å². The van der Waals surface area contributed by atoms with Crippen LogP contribution in [0, 0.1) is 13.8 Å². The van der Waals surface area contributed by atoms with Gasteiger partial charge in [-0.3, -0.25) is 0 Å². The molecule has 2 nitrogen and oxygen atoms in total. The Balaban J connectivity index is 2.86. The number of hydrogen-bond acceptors (Lipinski definition) is 2. The van der Waals surface area contributed by atoms with Crippen LogP contribution in [0.2, 0.25) is 0 Å². The molecule has 0 fully saturated rings. The van der Waals surface area contributed by atoms with E-state index >= 15 is 0 Å². The SMILES string of the molecule is CNC(CCOC)c1cccc(C)c1C. The molecule has 1 rings (SSSR count). The molecule has 1 aromatic rings. The highest BCUT2D eigenvalue weighted by Gasteiger charge is 2.11. The van der Waals surface area contributed by atoms with Crippen LogP contribution in [0.3, 0.4) is 0 Å². The van der Waals surface area contributed by atoms with Gasteiger partial charge in [0.1, 0.15) is 0 Å². The van der Waals surface area contributed by atoms with Gasteiger partial charge < -0.3 is 10.1 Å². The Morgan fingerprint density at radius 1 is 1.33 bits per heavy atom. The molecular weight excluding hydrogens is 186 g/mol. The van der Waals surface area contributed by atoms with Crippen molar-refractivity contribution in [2.75, 3.05) is 20.8 Å². The van der Waals surface area contributed by atoms with Gasteiger partial charge in [-0.2, -0.15) is 0 Å². The average Bonchev–Trinajstić information content (AvgIpc) is 2.25. The molecule has 1 unspecified atom stereocenters. The van der Waals surface area contributed by atoms with Gasteiger partial charge in [0.15, 0.2) is 0 Å². The minimum absolute atomic E-state index is 0.393. The lowest BCUT2D eigenvalue weighted by atomic mass is 9.96. The monoisotopic (exact) mass is 207 g/mol. The average molecular weight is 207 g/mol. The van der Waals surface area contributed by atoms with Crippen LogP contribution < -0.4 is 5.32 Å². The molecule has 2 heteroatoms. The molecule has 0 spiro atoms. The minimum Gasteiger partial charge on any atom is -0.385 e. The Morgan fingerprint density at radius 2 is 2.07 bits per heavy atom. The van der Waals surface area contributed by atoms with E-state index in [0.717, 1.165) is 13.0 Å². The predicted molar refractivity (Wildman–Crippen MR) is 64.2 cm³/mol. The number of aryl methyl sites for hydroxylation is 1. The van der Waals surface area contributed by atoms with Crippen molar-refractivity contribution in [3.63, 3.8) is 0 Å². The van der Waals surface area contributed by atoms with E-state index in [1.165, 1.54) is 16.7 Å². The Morgan fingerprint density at radius 3 is 2.67 bits per heavy atom. The van der Waals surface area contributed by atoms with Crippen molar-refractivity contribution >= 4 is 0 Å². The Bertz CT molecular complexity index is 309. The van der Waals surface area contributed by atoms with Gasteiger partial charge in [-0.15, -0.1) is 0 Å². The fourth-order valence-corrected chi connectivity index (χ4v) is 1.84. The molecule has 0 saturated heterocycles. The van der Waals surface area contributed by atoms with Crippen molar-refractivity contribution in [3.05, 3.63) is 34.9 Å². The molecule has 0 aromatic heterocycles. The number of nitrogens with one attached hydrogen (secondary N) is 1. The molecule has 0 bridgehead atoms. The molecule has 1 N–H and O–H groups in total. The lowest BCUT2D eigenvalue weighted by Crippen LogP contribution is -2.19. The maximum Gasteiger partial charge on any atom is 0.0480 e. The number of rotatable bonds is 5. The van der Waals surface area contributed by atoms with Gasteiger partial charge in [-0.25, -0.2) is 0 Å². The summed E-state index contributed by atoms with van der Waals surface area (Å²) in [5.74, 6) is 0. The zero-order valence-corrected chi connectivity index (χ0v) is 10.1. The summed E-state index contributed by atoms with van der Waals surface area (Å²) in [6.07, 6.45) is 1.01. The lowest BCUT2D eigenvalue weighted by molar-refractivity contribution is 0.184. The molecule has 1 atom stereocenters. The van der Waals surface area contributed by atoms with E-state index < -0.39 is 0 Å².